The van der Waals surface area contributed by atoms with Crippen molar-refractivity contribution in [2.24, 2.45) is 0 Å². The minimum atomic E-state index is -5.07. The lowest BCUT2D eigenvalue weighted by molar-refractivity contribution is -0.143. The van der Waals surface area contributed by atoms with Crippen molar-refractivity contribution in [1.82, 2.24) is 15.0 Å². The van der Waals surface area contributed by atoms with Gasteiger partial charge in [-0.3, -0.25) is 0 Å². The van der Waals surface area contributed by atoms with E-state index in [1.165, 1.54) is 6.07 Å². The van der Waals surface area contributed by atoms with Gasteiger partial charge in [0.2, 0.25) is 0 Å². The summed E-state index contributed by atoms with van der Waals surface area (Å²) in [6, 6.07) is 44.6. The number of nitrogens with zero attached hydrogens (tertiary/aromatic N) is 5. The normalized spacial score (nSPS) is 11.8. The van der Waals surface area contributed by atoms with E-state index >= 15 is 0 Å². The Balaban J connectivity index is 1.46. The molecule has 9 aromatic rings. The molecule has 288 valence electrons. The number of benzene rings is 7. The van der Waals surface area contributed by atoms with Gasteiger partial charge in [0.05, 0.1) is 68.0 Å². The van der Waals surface area contributed by atoms with Gasteiger partial charge in [0.25, 0.3) is 0 Å². The number of halogens is 6. The molecule has 0 amide bonds. The molecule has 0 saturated carbocycles. The SMILES string of the molecule is N#Cc1ccc(-c2nc3cc(-c4ccccc4)c4c5ccccc5nc(-c5ccccc5-c5cc(C(F)(F)F)cc(C(F)(F)F)c5)c4c3nc2-c2ccc(C#N)cc2)cc1. The Bertz CT molecular complexity index is 3200. The lowest BCUT2D eigenvalue weighted by Crippen LogP contribution is -2.11. The summed E-state index contributed by atoms with van der Waals surface area (Å²) in [5.41, 5.74) is 3.31. The monoisotopic (exact) mass is 797 g/mol. The summed E-state index contributed by atoms with van der Waals surface area (Å²) in [4.78, 5) is 15.7. The van der Waals surface area contributed by atoms with Crippen molar-refractivity contribution in [3.8, 4) is 68.2 Å². The van der Waals surface area contributed by atoms with Gasteiger partial charge in [-0.2, -0.15) is 36.9 Å². The van der Waals surface area contributed by atoms with Crippen molar-refractivity contribution >= 4 is 32.7 Å². The second-order valence-electron chi connectivity index (χ2n) is 14.0. The predicted octanol–water partition coefficient (Wildman–Crippen LogP) is 13.4. The summed E-state index contributed by atoms with van der Waals surface area (Å²) in [6.07, 6.45) is -10.1. The van der Waals surface area contributed by atoms with E-state index in [1.54, 1.807) is 78.9 Å². The summed E-state index contributed by atoms with van der Waals surface area (Å²) in [7, 11) is 0. The first-order chi connectivity index (χ1) is 28.9. The van der Waals surface area contributed by atoms with Crippen LogP contribution in [0.5, 0.6) is 0 Å². The fourth-order valence-electron chi connectivity index (χ4n) is 7.56. The summed E-state index contributed by atoms with van der Waals surface area (Å²) >= 11 is 0. The van der Waals surface area contributed by atoms with Crippen LogP contribution >= 0.6 is 0 Å². The number of pyridine rings is 1. The zero-order valence-electron chi connectivity index (χ0n) is 30.9. The molecule has 0 unspecified atom stereocenters. The Morgan fingerprint density at radius 3 is 1.50 bits per heavy atom. The van der Waals surface area contributed by atoms with Gasteiger partial charge in [-0.15, -0.1) is 0 Å². The molecule has 0 spiro atoms. The molecule has 0 atom stereocenters. The molecule has 0 radical (unpaired) electrons. The molecule has 11 heteroatoms. The highest BCUT2D eigenvalue weighted by molar-refractivity contribution is 6.25. The van der Waals surface area contributed by atoms with E-state index in [1.807, 2.05) is 48.5 Å². The van der Waals surface area contributed by atoms with Crippen LogP contribution in [0, 0.1) is 22.7 Å². The van der Waals surface area contributed by atoms with Gasteiger partial charge in [0, 0.05) is 32.8 Å². The third-order valence-electron chi connectivity index (χ3n) is 10.3. The minimum Gasteiger partial charge on any atom is -0.247 e. The highest BCUT2D eigenvalue weighted by Gasteiger charge is 2.37. The summed E-state index contributed by atoms with van der Waals surface area (Å²) in [5.74, 6) is 0. The average Bonchev–Trinajstić information content (AvgIpc) is 3.27. The third-order valence-corrected chi connectivity index (χ3v) is 10.3. The third kappa shape index (κ3) is 6.72. The van der Waals surface area contributed by atoms with Crippen LogP contribution in [0.2, 0.25) is 0 Å². The molecule has 2 heterocycles. The Hall–Kier alpha value is -7.89. The van der Waals surface area contributed by atoms with Gasteiger partial charge in [0.15, 0.2) is 0 Å². The topological polar surface area (TPSA) is 86.2 Å². The first-order valence-electron chi connectivity index (χ1n) is 18.4. The summed E-state index contributed by atoms with van der Waals surface area (Å²) < 4.78 is 85.4. The van der Waals surface area contributed by atoms with Crippen LogP contribution in [0.3, 0.4) is 0 Å². The molecule has 0 fully saturated rings. The van der Waals surface area contributed by atoms with E-state index in [0.717, 1.165) is 28.6 Å². The van der Waals surface area contributed by atoms with Crippen LogP contribution in [0.15, 0.2) is 152 Å². The van der Waals surface area contributed by atoms with E-state index < -0.39 is 23.5 Å². The molecule has 0 aliphatic carbocycles. The Labute approximate surface area is 338 Å². The first-order valence-corrected chi connectivity index (χ1v) is 18.4. The van der Waals surface area contributed by atoms with E-state index in [4.69, 9.17) is 15.0 Å². The zero-order chi connectivity index (χ0) is 41.8. The van der Waals surface area contributed by atoms with Crippen molar-refractivity contribution in [1.29, 1.82) is 10.5 Å². The van der Waals surface area contributed by atoms with Crippen LogP contribution in [-0.2, 0) is 12.4 Å². The van der Waals surface area contributed by atoms with E-state index in [9.17, 15) is 36.9 Å². The van der Waals surface area contributed by atoms with Gasteiger partial charge in [0.1, 0.15) is 0 Å². The van der Waals surface area contributed by atoms with E-state index in [-0.39, 0.29) is 28.5 Å². The number of nitriles is 2. The van der Waals surface area contributed by atoms with Gasteiger partial charge in [-0.05, 0) is 76.9 Å². The largest absolute Gasteiger partial charge is 0.416 e. The lowest BCUT2D eigenvalue weighted by Gasteiger charge is -2.20. The Morgan fingerprint density at radius 2 is 0.917 bits per heavy atom. The first kappa shape index (κ1) is 37.7. The summed E-state index contributed by atoms with van der Waals surface area (Å²) in [5, 5.41) is 21.0. The molecule has 7 aromatic carbocycles. The van der Waals surface area contributed by atoms with Crippen molar-refractivity contribution in [2.75, 3.05) is 0 Å². The van der Waals surface area contributed by atoms with Crippen LogP contribution in [-0.4, -0.2) is 15.0 Å². The molecule has 5 nitrogen and oxygen atoms in total. The molecule has 2 aromatic heterocycles. The van der Waals surface area contributed by atoms with Crippen LogP contribution in [0.1, 0.15) is 22.3 Å². The van der Waals surface area contributed by atoms with Crippen molar-refractivity contribution in [3.05, 3.63) is 174 Å². The van der Waals surface area contributed by atoms with Crippen LogP contribution in [0.25, 0.3) is 88.7 Å². The number of hydrogen-bond donors (Lipinski definition) is 0. The van der Waals surface area contributed by atoms with Crippen molar-refractivity contribution in [2.45, 2.75) is 12.4 Å². The van der Waals surface area contributed by atoms with Gasteiger partial charge in [-0.1, -0.05) is 97.1 Å². The number of fused-ring (bicyclic) bond motifs is 5. The molecule has 0 aliphatic rings. The molecule has 0 saturated heterocycles. The second-order valence-corrected chi connectivity index (χ2v) is 14.0. The highest BCUT2D eigenvalue weighted by Crippen LogP contribution is 2.47. The molecular formula is C49H25F6N5. The lowest BCUT2D eigenvalue weighted by atomic mass is 9.88. The number of para-hydroxylation sites is 1. The molecule has 9 rings (SSSR count). The zero-order valence-corrected chi connectivity index (χ0v) is 30.9. The van der Waals surface area contributed by atoms with Gasteiger partial charge < -0.3 is 0 Å². The fourth-order valence-corrected chi connectivity index (χ4v) is 7.56. The molecule has 60 heavy (non-hydrogen) atoms. The quantitative estimate of drug-likeness (QED) is 0.128. The molecular weight excluding hydrogens is 773 g/mol. The predicted molar refractivity (Wildman–Crippen MR) is 219 cm³/mol. The Morgan fingerprint density at radius 1 is 0.400 bits per heavy atom. The maximum Gasteiger partial charge on any atom is 0.416 e. The number of hydrogen-bond acceptors (Lipinski definition) is 5. The standard InChI is InChI=1S/C49H25F6N5/c50-48(51,52)34-22-33(23-35(24-34)49(53,54)55)36-10-4-5-11-37(36)46-43-42(38-12-6-7-13-40(38)58-46)39(30-8-2-1-3-9-30)25-41-47(43)60-45(32-20-16-29(27-57)17-21-32)44(59-41)31-18-14-28(26-56)15-19-31/h1-25H. The van der Waals surface area contributed by atoms with Gasteiger partial charge in [-0.25, -0.2) is 15.0 Å². The maximum atomic E-state index is 14.2. The molecule has 0 bridgehead atoms. The highest BCUT2D eigenvalue weighted by atomic mass is 19.4. The minimum absolute atomic E-state index is 0.0888. The average molecular weight is 798 g/mol. The van der Waals surface area contributed by atoms with Crippen LogP contribution in [0.4, 0.5) is 26.3 Å². The van der Waals surface area contributed by atoms with Crippen LogP contribution < -0.4 is 0 Å². The van der Waals surface area contributed by atoms with E-state index in [2.05, 4.69) is 12.1 Å². The summed E-state index contributed by atoms with van der Waals surface area (Å²) in [6.45, 7) is 0. The van der Waals surface area contributed by atoms with Crippen molar-refractivity contribution < 1.29 is 26.3 Å². The molecule has 0 aliphatic heterocycles. The van der Waals surface area contributed by atoms with E-state index in [0.29, 0.717) is 61.0 Å². The number of aromatic nitrogens is 3. The number of alkyl halides is 6. The Kier molecular flexibility index (Phi) is 9.10. The van der Waals surface area contributed by atoms with Crippen molar-refractivity contribution in [3.63, 3.8) is 0 Å². The maximum absolute atomic E-state index is 14.2. The number of rotatable bonds is 5. The second kappa shape index (κ2) is 14.5. The fraction of sp³-hybridized carbons (Fsp3) is 0.0408. The van der Waals surface area contributed by atoms with Gasteiger partial charge >= 0.3 is 12.4 Å². The molecule has 0 N–H and O–H groups in total. The smallest absolute Gasteiger partial charge is 0.247 e.